The molecule has 1 aromatic heterocycles. The number of hydrogen-bond donors (Lipinski definition) is 1. The van der Waals surface area contributed by atoms with E-state index in [9.17, 15) is 4.79 Å². The van der Waals surface area contributed by atoms with Gasteiger partial charge in [0.25, 0.3) is 5.91 Å². The first-order valence-corrected chi connectivity index (χ1v) is 7.98. The van der Waals surface area contributed by atoms with Crippen LogP contribution in [0.3, 0.4) is 0 Å². The second kappa shape index (κ2) is 6.89. The molecule has 0 saturated heterocycles. The van der Waals surface area contributed by atoms with Crippen LogP contribution < -0.4 is 5.32 Å². The lowest BCUT2D eigenvalue weighted by atomic mass is 10.1. The number of benzene rings is 2. The van der Waals surface area contributed by atoms with Crippen molar-refractivity contribution in [1.82, 2.24) is 10.5 Å². The van der Waals surface area contributed by atoms with Gasteiger partial charge in [-0.05, 0) is 31.5 Å². The number of carbonyl (C=O) groups is 1. The molecular formula is C19H17ClN2O2. The van der Waals surface area contributed by atoms with Crippen molar-refractivity contribution in [2.45, 2.75) is 20.4 Å². The summed E-state index contributed by atoms with van der Waals surface area (Å²) < 4.78 is 5.23. The highest BCUT2D eigenvalue weighted by molar-refractivity contribution is 6.30. The number of hydrogen-bond acceptors (Lipinski definition) is 3. The van der Waals surface area contributed by atoms with Crippen LogP contribution in [0.2, 0.25) is 5.02 Å². The van der Waals surface area contributed by atoms with E-state index in [1.54, 1.807) is 19.1 Å². The second-order valence-corrected chi connectivity index (χ2v) is 6.08. The van der Waals surface area contributed by atoms with Crippen molar-refractivity contribution in [3.8, 4) is 11.3 Å². The van der Waals surface area contributed by atoms with Crippen molar-refractivity contribution < 1.29 is 9.32 Å². The average molecular weight is 341 g/mol. The maximum Gasteiger partial charge on any atom is 0.257 e. The van der Waals surface area contributed by atoms with Gasteiger partial charge in [0.1, 0.15) is 17.0 Å². The molecule has 0 aliphatic rings. The highest BCUT2D eigenvalue weighted by Gasteiger charge is 2.21. The number of nitrogens with zero attached hydrogens (tertiary/aromatic N) is 1. The summed E-state index contributed by atoms with van der Waals surface area (Å²) in [6.07, 6.45) is 0. The molecule has 5 heteroatoms. The van der Waals surface area contributed by atoms with Crippen LogP contribution in [-0.2, 0) is 6.54 Å². The number of rotatable bonds is 4. The zero-order valence-electron chi connectivity index (χ0n) is 13.5. The van der Waals surface area contributed by atoms with E-state index in [0.29, 0.717) is 28.6 Å². The molecule has 0 spiro atoms. The minimum absolute atomic E-state index is 0.217. The van der Waals surface area contributed by atoms with Crippen LogP contribution in [-0.4, -0.2) is 11.1 Å². The number of amides is 1. The molecule has 3 aromatic rings. The van der Waals surface area contributed by atoms with Gasteiger partial charge in [0, 0.05) is 17.1 Å². The van der Waals surface area contributed by atoms with Crippen molar-refractivity contribution in [2.24, 2.45) is 0 Å². The molecular weight excluding hydrogens is 324 g/mol. The first-order valence-electron chi connectivity index (χ1n) is 7.60. The maximum absolute atomic E-state index is 12.6. The number of nitrogens with one attached hydrogen (secondary N) is 1. The van der Waals surface area contributed by atoms with Crippen molar-refractivity contribution in [1.29, 1.82) is 0 Å². The summed E-state index contributed by atoms with van der Waals surface area (Å²) in [4.78, 5) is 12.6. The van der Waals surface area contributed by atoms with E-state index in [0.717, 1.165) is 16.7 Å². The smallest absolute Gasteiger partial charge is 0.257 e. The topological polar surface area (TPSA) is 55.1 Å². The van der Waals surface area contributed by atoms with Crippen molar-refractivity contribution >= 4 is 17.5 Å². The van der Waals surface area contributed by atoms with E-state index < -0.39 is 0 Å². The lowest BCUT2D eigenvalue weighted by Crippen LogP contribution is -2.23. The Morgan fingerprint density at radius 1 is 1.17 bits per heavy atom. The standard InChI is InChI=1S/C19H17ClN2O2/c1-12-5-3-6-14(9-12)11-21-19(23)17-13(2)24-22-18(17)15-7-4-8-16(20)10-15/h3-10H,11H2,1-2H3,(H,21,23). The van der Waals surface area contributed by atoms with Crippen LogP contribution in [0.5, 0.6) is 0 Å². The van der Waals surface area contributed by atoms with Crippen molar-refractivity contribution in [2.75, 3.05) is 0 Å². The number of aromatic nitrogens is 1. The van der Waals surface area contributed by atoms with Gasteiger partial charge in [0.15, 0.2) is 0 Å². The fourth-order valence-electron chi connectivity index (χ4n) is 2.57. The van der Waals surface area contributed by atoms with Crippen LogP contribution >= 0.6 is 11.6 Å². The number of halogens is 1. The molecule has 0 saturated carbocycles. The predicted octanol–water partition coefficient (Wildman–Crippen LogP) is 4.54. The molecule has 0 radical (unpaired) electrons. The first-order chi connectivity index (χ1) is 11.5. The third kappa shape index (κ3) is 3.49. The van der Waals surface area contributed by atoms with E-state index in [-0.39, 0.29) is 5.91 Å². The van der Waals surface area contributed by atoms with Crippen molar-refractivity contribution in [3.05, 3.63) is 76.0 Å². The average Bonchev–Trinajstić information content (AvgIpc) is 2.94. The summed E-state index contributed by atoms with van der Waals surface area (Å²) >= 11 is 6.03. The van der Waals surface area contributed by atoms with Crippen LogP contribution in [0, 0.1) is 13.8 Å². The predicted molar refractivity (Wildman–Crippen MR) is 94.0 cm³/mol. The van der Waals surface area contributed by atoms with Gasteiger partial charge in [-0.1, -0.05) is 58.7 Å². The second-order valence-electron chi connectivity index (χ2n) is 5.64. The summed E-state index contributed by atoms with van der Waals surface area (Å²) in [6, 6.07) is 15.2. The SMILES string of the molecule is Cc1cccc(CNC(=O)c2c(-c3cccc(Cl)c3)noc2C)c1. The number of aryl methyl sites for hydroxylation is 2. The molecule has 0 fully saturated rings. The van der Waals surface area contributed by atoms with Crippen LogP contribution in [0.4, 0.5) is 0 Å². The molecule has 122 valence electrons. The molecule has 4 nitrogen and oxygen atoms in total. The van der Waals surface area contributed by atoms with E-state index in [1.807, 2.05) is 43.3 Å². The van der Waals surface area contributed by atoms with Gasteiger partial charge >= 0.3 is 0 Å². The van der Waals surface area contributed by atoms with Crippen LogP contribution in [0.15, 0.2) is 53.1 Å². The Bertz CT molecular complexity index is 887. The summed E-state index contributed by atoms with van der Waals surface area (Å²) in [6.45, 7) is 4.19. The van der Waals surface area contributed by atoms with Crippen LogP contribution in [0.25, 0.3) is 11.3 Å². The summed E-state index contributed by atoms with van der Waals surface area (Å²) in [5.41, 5.74) is 3.88. The highest BCUT2D eigenvalue weighted by atomic mass is 35.5. The summed E-state index contributed by atoms with van der Waals surface area (Å²) in [5.74, 6) is 0.261. The molecule has 1 heterocycles. The van der Waals surface area contributed by atoms with Gasteiger partial charge < -0.3 is 9.84 Å². The molecule has 3 rings (SSSR count). The summed E-state index contributed by atoms with van der Waals surface area (Å²) in [5, 5.41) is 7.53. The monoisotopic (exact) mass is 340 g/mol. The first kappa shape index (κ1) is 16.3. The van der Waals surface area contributed by atoms with E-state index in [2.05, 4.69) is 10.5 Å². The normalized spacial score (nSPS) is 10.6. The molecule has 0 aliphatic carbocycles. The Labute approximate surface area is 145 Å². The van der Waals surface area contributed by atoms with Gasteiger partial charge in [-0.2, -0.15) is 0 Å². The maximum atomic E-state index is 12.6. The molecule has 24 heavy (non-hydrogen) atoms. The molecule has 0 bridgehead atoms. The fraction of sp³-hybridized carbons (Fsp3) is 0.158. The van der Waals surface area contributed by atoms with Gasteiger partial charge in [-0.15, -0.1) is 0 Å². The van der Waals surface area contributed by atoms with E-state index in [4.69, 9.17) is 16.1 Å². The Balaban J connectivity index is 1.84. The Morgan fingerprint density at radius 3 is 2.71 bits per heavy atom. The van der Waals surface area contributed by atoms with E-state index in [1.165, 1.54) is 0 Å². The van der Waals surface area contributed by atoms with Crippen LogP contribution in [0.1, 0.15) is 27.2 Å². The van der Waals surface area contributed by atoms with Gasteiger partial charge in [-0.25, -0.2) is 0 Å². The Morgan fingerprint density at radius 2 is 1.96 bits per heavy atom. The molecule has 0 unspecified atom stereocenters. The zero-order valence-corrected chi connectivity index (χ0v) is 14.2. The zero-order chi connectivity index (χ0) is 17.1. The molecule has 2 aromatic carbocycles. The van der Waals surface area contributed by atoms with E-state index >= 15 is 0 Å². The van der Waals surface area contributed by atoms with Crippen molar-refractivity contribution in [3.63, 3.8) is 0 Å². The minimum Gasteiger partial charge on any atom is -0.360 e. The molecule has 1 amide bonds. The van der Waals surface area contributed by atoms with Gasteiger partial charge in [0.05, 0.1) is 0 Å². The quantitative estimate of drug-likeness (QED) is 0.758. The lowest BCUT2D eigenvalue weighted by Gasteiger charge is -2.07. The minimum atomic E-state index is -0.217. The third-order valence-electron chi connectivity index (χ3n) is 3.72. The summed E-state index contributed by atoms with van der Waals surface area (Å²) in [7, 11) is 0. The molecule has 0 aliphatic heterocycles. The fourth-order valence-corrected chi connectivity index (χ4v) is 2.76. The Hall–Kier alpha value is -2.59. The lowest BCUT2D eigenvalue weighted by molar-refractivity contribution is 0.0950. The largest absolute Gasteiger partial charge is 0.360 e. The highest BCUT2D eigenvalue weighted by Crippen LogP contribution is 2.27. The molecule has 0 atom stereocenters. The number of carbonyl (C=O) groups excluding carboxylic acids is 1. The Kier molecular flexibility index (Phi) is 4.67. The van der Waals surface area contributed by atoms with Gasteiger partial charge in [0.2, 0.25) is 0 Å². The van der Waals surface area contributed by atoms with Gasteiger partial charge in [-0.3, -0.25) is 4.79 Å². The third-order valence-corrected chi connectivity index (χ3v) is 3.96. The molecule has 1 N–H and O–H groups in total.